The van der Waals surface area contributed by atoms with Crippen LogP contribution in [0.5, 0.6) is 0 Å². The maximum atomic E-state index is 13.5. The molecule has 0 aliphatic heterocycles. The number of nitrogens with zero attached hydrogens (tertiary/aromatic N) is 2. The van der Waals surface area contributed by atoms with Crippen LogP contribution in [0, 0.1) is 0 Å². The number of hydrogen-bond acceptors (Lipinski definition) is 4. The Morgan fingerprint density at radius 2 is 1.43 bits per heavy atom. The third-order valence-electron chi connectivity index (χ3n) is 5.59. The van der Waals surface area contributed by atoms with E-state index in [-0.39, 0.29) is 16.1 Å². The normalized spacial score (nSPS) is 13.5. The van der Waals surface area contributed by atoms with Crippen LogP contribution in [0.1, 0.15) is 42.3 Å². The molecule has 1 heterocycles. The first-order valence-corrected chi connectivity index (χ1v) is 11.2. The lowest BCUT2D eigenvalue weighted by Gasteiger charge is -2.19. The Balaban J connectivity index is 1.76. The third-order valence-corrected chi connectivity index (χ3v) is 7.20. The predicted octanol–water partition coefficient (Wildman–Crippen LogP) is 4.78. The zero-order chi connectivity index (χ0) is 21.3. The minimum atomic E-state index is -3.93. The van der Waals surface area contributed by atoms with Gasteiger partial charge in [-0.3, -0.25) is 4.79 Å². The van der Waals surface area contributed by atoms with E-state index in [2.05, 4.69) is 25.9 Å². The molecule has 0 fully saturated rings. The van der Waals surface area contributed by atoms with E-state index in [9.17, 15) is 13.2 Å². The number of fused-ring (bicyclic) bond motifs is 2. The number of aromatic nitrogens is 2. The molecule has 0 spiro atoms. The van der Waals surface area contributed by atoms with Gasteiger partial charge in [0.2, 0.25) is 0 Å². The first-order valence-electron chi connectivity index (χ1n) is 9.71. The van der Waals surface area contributed by atoms with Crippen LogP contribution in [0.3, 0.4) is 0 Å². The summed E-state index contributed by atoms with van der Waals surface area (Å²) in [7, 11) is -3.93. The van der Waals surface area contributed by atoms with Crippen molar-refractivity contribution in [2.24, 2.45) is 0 Å². The highest BCUT2D eigenvalue weighted by molar-refractivity contribution is 7.90. The molecular weight excluding hydrogens is 396 g/mol. The van der Waals surface area contributed by atoms with E-state index in [4.69, 9.17) is 0 Å². The van der Waals surface area contributed by atoms with Crippen molar-refractivity contribution in [2.75, 3.05) is 0 Å². The molecule has 0 bridgehead atoms. The summed E-state index contributed by atoms with van der Waals surface area (Å²) in [4.78, 5) is 13.1. The molecule has 0 N–H and O–H groups in total. The Kier molecular flexibility index (Phi) is 3.83. The Morgan fingerprint density at radius 1 is 0.800 bits per heavy atom. The van der Waals surface area contributed by atoms with Crippen LogP contribution in [0.25, 0.3) is 22.2 Å². The molecule has 0 amide bonds. The predicted molar refractivity (Wildman–Crippen MR) is 116 cm³/mol. The van der Waals surface area contributed by atoms with E-state index in [1.54, 1.807) is 48.5 Å². The molecular formula is C24H20N2O3S. The van der Waals surface area contributed by atoms with Crippen molar-refractivity contribution in [3.05, 3.63) is 83.4 Å². The second kappa shape index (κ2) is 6.12. The monoisotopic (exact) mass is 416 g/mol. The van der Waals surface area contributed by atoms with Crippen LogP contribution in [-0.2, 0) is 15.4 Å². The Hall–Kier alpha value is -3.25. The fourth-order valence-corrected chi connectivity index (χ4v) is 5.24. The van der Waals surface area contributed by atoms with Gasteiger partial charge in [-0.25, -0.2) is 0 Å². The van der Waals surface area contributed by atoms with Crippen molar-refractivity contribution >= 4 is 26.7 Å². The summed E-state index contributed by atoms with van der Waals surface area (Å²) in [6.45, 7) is 6.24. The molecule has 0 atom stereocenters. The SMILES string of the molecule is CC(C)(C)c1ccc(S(=O)(=O)n2nc3c4c(cccc42)C(=O)c2ccccc2-3)cc1. The highest BCUT2D eigenvalue weighted by atomic mass is 32.2. The molecule has 5 nitrogen and oxygen atoms in total. The van der Waals surface area contributed by atoms with Gasteiger partial charge >= 0.3 is 0 Å². The van der Waals surface area contributed by atoms with Crippen molar-refractivity contribution < 1.29 is 13.2 Å². The number of ketones is 1. The van der Waals surface area contributed by atoms with Gasteiger partial charge in [0, 0.05) is 22.1 Å². The van der Waals surface area contributed by atoms with Crippen molar-refractivity contribution in [3.63, 3.8) is 0 Å². The maximum absolute atomic E-state index is 13.5. The maximum Gasteiger partial charge on any atom is 0.283 e. The average Bonchev–Trinajstić information content (AvgIpc) is 3.13. The number of carbonyl (C=O) groups excluding carboxylic acids is 1. The fourth-order valence-electron chi connectivity index (χ4n) is 3.96. The molecule has 1 aliphatic carbocycles. The van der Waals surface area contributed by atoms with Crippen LogP contribution in [0.2, 0.25) is 0 Å². The zero-order valence-electron chi connectivity index (χ0n) is 16.9. The van der Waals surface area contributed by atoms with Gasteiger partial charge in [0.25, 0.3) is 10.0 Å². The van der Waals surface area contributed by atoms with Crippen LogP contribution in [0.4, 0.5) is 0 Å². The van der Waals surface area contributed by atoms with Crippen LogP contribution < -0.4 is 0 Å². The highest BCUT2D eigenvalue weighted by Gasteiger charge is 2.31. The molecule has 1 aromatic heterocycles. The van der Waals surface area contributed by atoms with Crippen LogP contribution in [0.15, 0.2) is 71.6 Å². The lowest BCUT2D eigenvalue weighted by molar-refractivity contribution is 0.104. The number of rotatable bonds is 2. The van der Waals surface area contributed by atoms with Gasteiger partial charge in [0.05, 0.1) is 10.4 Å². The van der Waals surface area contributed by atoms with Crippen molar-refractivity contribution in [1.82, 2.24) is 9.19 Å². The van der Waals surface area contributed by atoms with Crippen molar-refractivity contribution in [1.29, 1.82) is 0 Å². The smallest absolute Gasteiger partial charge is 0.283 e. The van der Waals surface area contributed by atoms with Gasteiger partial charge in [0.1, 0.15) is 5.69 Å². The van der Waals surface area contributed by atoms with Gasteiger partial charge in [0.15, 0.2) is 5.78 Å². The highest BCUT2D eigenvalue weighted by Crippen LogP contribution is 2.39. The van der Waals surface area contributed by atoms with Gasteiger partial charge in [-0.15, -0.1) is 0 Å². The van der Waals surface area contributed by atoms with Crippen molar-refractivity contribution in [2.45, 2.75) is 31.1 Å². The summed E-state index contributed by atoms with van der Waals surface area (Å²) in [5, 5.41) is 5.07. The molecule has 0 saturated heterocycles. The zero-order valence-corrected chi connectivity index (χ0v) is 17.7. The molecule has 0 radical (unpaired) electrons. The first kappa shape index (κ1) is 18.8. The van der Waals surface area contributed by atoms with Gasteiger partial charge in [-0.05, 0) is 29.2 Å². The van der Waals surface area contributed by atoms with E-state index in [1.807, 2.05) is 18.2 Å². The summed E-state index contributed by atoms with van der Waals surface area (Å²) >= 11 is 0. The van der Waals surface area contributed by atoms with E-state index < -0.39 is 10.0 Å². The molecule has 30 heavy (non-hydrogen) atoms. The topological polar surface area (TPSA) is 69.0 Å². The third kappa shape index (κ3) is 2.57. The largest absolute Gasteiger partial charge is 0.289 e. The van der Waals surface area contributed by atoms with Gasteiger partial charge < -0.3 is 0 Å². The first-order chi connectivity index (χ1) is 14.2. The molecule has 4 aromatic rings. The lowest BCUT2D eigenvalue weighted by Crippen LogP contribution is -2.16. The van der Waals surface area contributed by atoms with Crippen LogP contribution in [-0.4, -0.2) is 23.4 Å². The number of hydrogen-bond donors (Lipinski definition) is 0. The number of carbonyl (C=O) groups is 1. The van der Waals surface area contributed by atoms with E-state index in [0.717, 1.165) is 9.65 Å². The van der Waals surface area contributed by atoms with Crippen molar-refractivity contribution in [3.8, 4) is 11.3 Å². The molecule has 0 unspecified atom stereocenters. The molecule has 150 valence electrons. The second-order valence-electron chi connectivity index (χ2n) is 8.55. The number of benzene rings is 3. The molecule has 0 saturated carbocycles. The Bertz CT molecular complexity index is 1440. The molecule has 5 rings (SSSR count). The summed E-state index contributed by atoms with van der Waals surface area (Å²) in [6.07, 6.45) is 0. The molecule has 3 aromatic carbocycles. The minimum absolute atomic E-state index is 0.0778. The van der Waals surface area contributed by atoms with E-state index in [0.29, 0.717) is 33.3 Å². The Morgan fingerprint density at radius 3 is 2.10 bits per heavy atom. The quantitative estimate of drug-likeness (QED) is 0.415. The average molecular weight is 417 g/mol. The fraction of sp³-hybridized carbons (Fsp3) is 0.167. The van der Waals surface area contributed by atoms with Gasteiger partial charge in [-0.2, -0.15) is 17.6 Å². The summed E-state index contributed by atoms with van der Waals surface area (Å²) in [5.74, 6) is -0.116. The Labute approximate surface area is 175 Å². The second-order valence-corrected chi connectivity index (χ2v) is 10.3. The molecule has 6 heteroatoms. The summed E-state index contributed by atoms with van der Waals surface area (Å²) in [5.41, 5.74) is 3.57. The lowest BCUT2D eigenvalue weighted by atomic mass is 9.87. The summed E-state index contributed by atoms with van der Waals surface area (Å²) < 4.78 is 28.0. The van der Waals surface area contributed by atoms with E-state index >= 15 is 0 Å². The summed E-state index contributed by atoms with van der Waals surface area (Å²) in [6, 6.07) is 19.2. The minimum Gasteiger partial charge on any atom is -0.289 e. The van der Waals surface area contributed by atoms with Crippen LogP contribution >= 0.6 is 0 Å². The van der Waals surface area contributed by atoms with E-state index in [1.165, 1.54) is 0 Å². The van der Waals surface area contributed by atoms with Gasteiger partial charge in [-0.1, -0.05) is 69.3 Å². The molecule has 1 aliphatic rings. The standard InChI is InChI=1S/C24H20N2O3S/c1-24(2,3)15-11-13-16(14-12-15)30(28,29)26-20-10-6-9-19-21(20)22(25-26)17-7-4-5-8-18(17)23(19)27/h4-14H,1-3H3.